The third-order valence-electron chi connectivity index (χ3n) is 2.53. The van der Waals surface area contributed by atoms with E-state index in [9.17, 15) is 4.39 Å². The van der Waals surface area contributed by atoms with Crippen LogP contribution in [-0.2, 0) is 0 Å². The van der Waals surface area contributed by atoms with Gasteiger partial charge >= 0.3 is 0 Å². The van der Waals surface area contributed by atoms with Gasteiger partial charge in [-0.2, -0.15) is 0 Å². The van der Waals surface area contributed by atoms with Crippen molar-refractivity contribution in [2.75, 3.05) is 13.1 Å². The van der Waals surface area contributed by atoms with E-state index in [1.54, 1.807) is 18.3 Å². The number of aromatic nitrogens is 1. The van der Waals surface area contributed by atoms with Gasteiger partial charge < -0.3 is 5.32 Å². The normalized spacial score (nSPS) is 27.6. The quantitative estimate of drug-likeness (QED) is 0.775. The fraction of sp³-hybridized carbons (Fsp3) is 0.500. The van der Waals surface area contributed by atoms with Crippen molar-refractivity contribution >= 4 is 11.6 Å². The van der Waals surface area contributed by atoms with E-state index in [-0.39, 0.29) is 5.92 Å². The van der Waals surface area contributed by atoms with Crippen molar-refractivity contribution in [3.05, 3.63) is 29.0 Å². The molecule has 1 aromatic heterocycles. The predicted octanol–water partition coefficient (Wildman–Crippen LogP) is 2.15. The summed E-state index contributed by atoms with van der Waals surface area (Å²) in [5.74, 6) is -0.102. The van der Waals surface area contributed by atoms with E-state index in [0.29, 0.717) is 11.6 Å². The molecule has 0 bridgehead atoms. The molecule has 2 unspecified atom stereocenters. The van der Waals surface area contributed by atoms with Crippen molar-refractivity contribution in [1.82, 2.24) is 10.3 Å². The highest BCUT2D eigenvalue weighted by molar-refractivity contribution is 6.30. The molecule has 2 nitrogen and oxygen atoms in total. The molecular weight excluding hydrogens is 203 g/mol. The van der Waals surface area contributed by atoms with Gasteiger partial charge in [0.05, 0.1) is 0 Å². The van der Waals surface area contributed by atoms with Crippen LogP contribution in [0.15, 0.2) is 18.3 Å². The van der Waals surface area contributed by atoms with Gasteiger partial charge in [-0.05, 0) is 25.1 Å². The van der Waals surface area contributed by atoms with Gasteiger partial charge in [0.25, 0.3) is 0 Å². The fourth-order valence-corrected chi connectivity index (χ4v) is 1.95. The Bertz CT molecular complexity index is 319. The lowest BCUT2D eigenvalue weighted by Gasteiger charge is -2.26. The van der Waals surface area contributed by atoms with Crippen LogP contribution in [0.1, 0.15) is 18.0 Å². The zero-order valence-electron chi connectivity index (χ0n) is 7.71. The van der Waals surface area contributed by atoms with Crippen molar-refractivity contribution in [1.29, 1.82) is 0 Å². The molecule has 0 aromatic carbocycles. The van der Waals surface area contributed by atoms with E-state index < -0.39 is 6.17 Å². The summed E-state index contributed by atoms with van der Waals surface area (Å²) in [5, 5.41) is 3.64. The number of piperidine rings is 1. The first kappa shape index (κ1) is 9.87. The smallest absolute Gasteiger partial charge is 0.121 e. The lowest BCUT2D eigenvalue weighted by Crippen LogP contribution is -2.37. The van der Waals surface area contributed by atoms with Crippen LogP contribution < -0.4 is 5.32 Å². The fourth-order valence-electron chi connectivity index (χ4n) is 1.78. The topological polar surface area (TPSA) is 24.9 Å². The molecule has 1 N–H and O–H groups in total. The Kier molecular flexibility index (Phi) is 2.99. The molecule has 4 heteroatoms. The van der Waals surface area contributed by atoms with E-state index in [1.165, 1.54) is 0 Å². The van der Waals surface area contributed by atoms with Gasteiger partial charge in [0.15, 0.2) is 0 Å². The molecule has 1 aliphatic rings. The first-order valence-corrected chi connectivity index (χ1v) is 5.11. The van der Waals surface area contributed by atoms with Gasteiger partial charge in [0, 0.05) is 29.4 Å². The van der Waals surface area contributed by atoms with E-state index in [2.05, 4.69) is 10.3 Å². The zero-order chi connectivity index (χ0) is 9.97. The number of hydrogen-bond donors (Lipinski definition) is 1. The standard InChI is InChI=1S/C10H12ClFN2/c11-7-1-4-14-10(5-7)8-2-3-13-6-9(8)12/h1,4-5,8-9,13H,2-3,6H2. The second-order valence-corrected chi connectivity index (χ2v) is 3.95. The van der Waals surface area contributed by atoms with E-state index in [4.69, 9.17) is 11.6 Å². The van der Waals surface area contributed by atoms with Crippen molar-refractivity contribution < 1.29 is 4.39 Å². The molecule has 1 aromatic rings. The van der Waals surface area contributed by atoms with Crippen molar-refractivity contribution in [2.45, 2.75) is 18.5 Å². The van der Waals surface area contributed by atoms with Crippen molar-refractivity contribution in [3.8, 4) is 0 Å². The highest BCUT2D eigenvalue weighted by Gasteiger charge is 2.26. The van der Waals surface area contributed by atoms with E-state index in [0.717, 1.165) is 18.7 Å². The molecule has 2 heterocycles. The number of hydrogen-bond acceptors (Lipinski definition) is 2. The molecule has 76 valence electrons. The molecule has 0 aliphatic carbocycles. The average Bonchev–Trinajstić information content (AvgIpc) is 2.18. The number of alkyl halides is 1. The Morgan fingerprint density at radius 2 is 2.43 bits per heavy atom. The second kappa shape index (κ2) is 4.24. The van der Waals surface area contributed by atoms with Crippen LogP contribution in [0.25, 0.3) is 0 Å². The number of nitrogens with zero attached hydrogens (tertiary/aromatic N) is 1. The van der Waals surface area contributed by atoms with Crippen LogP contribution in [0, 0.1) is 0 Å². The maximum Gasteiger partial charge on any atom is 0.121 e. The first-order chi connectivity index (χ1) is 6.77. The molecule has 0 amide bonds. The lowest BCUT2D eigenvalue weighted by atomic mass is 9.92. The van der Waals surface area contributed by atoms with E-state index >= 15 is 0 Å². The molecule has 0 saturated carbocycles. The monoisotopic (exact) mass is 214 g/mol. The van der Waals surface area contributed by atoms with E-state index in [1.807, 2.05) is 0 Å². The maximum atomic E-state index is 13.5. The minimum atomic E-state index is -0.852. The van der Waals surface area contributed by atoms with Crippen LogP contribution in [0.5, 0.6) is 0 Å². The Morgan fingerprint density at radius 1 is 1.57 bits per heavy atom. The molecular formula is C10H12ClFN2. The summed E-state index contributed by atoms with van der Waals surface area (Å²) < 4.78 is 13.5. The largest absolute Gasteiger partial charge is 0.314 e. The Morgan fingerprint density at radius 3 is 3.14 bits per heavy atom. The molecule has 0 radical (unpaired) electrons. The van der Waals surface area contributed by atoms with Gasteiger partial charge in [-0.3, -0.25) is 4.98 Å². The van der Waals surface area contributed by atoms with Crippen LogP contribution in [-0.4, -0.2) is 24.2 Å². The Labute approximate surface area is 87.5 Å². The Balaban J connectivity index is 2.20. The summed E-state index contributed by atoms with van der Waals surface area (Å²) in [6.07, 6.45) is 1.57. The third-order valence-corrected chi connectivity index (χ3v) is 2.77. The van der Waals surface area contributed by atoms with Crippen LogP contribution in [0.2, 0.25) is 5.02 Å². The maximum absolute atomic E-state index is 13.5. The van der Waals surface area contributed by atoms with Gasteiger partial charge in [0.2, 0.25) is 0 Å². The van der Waals surface area contributed by atoms with Crippen LogP contribution in [0.4, 0.5) is 4.39 Å². The molecule has 1 fully saturated rings. The SMILES string of the molecule is FC1CNCCC1c1cc(Cl)ccn1. The van der Waals surface area contributed by atoms with Crippen molar-refractivity contribution in [3.63, 3.8) is 0 Å². The molecule has 1 aliphatic heterocycles. The summed E-state index contributed by atoms with van der Waals surface area (Å²) in [5.41, 5.74) is 0.770. The molecule has 2 atom stereocenters. The molecule has 14 heavy (non-hydrogen) atoms. The second-order valence-electron chi connectivity index (χ2n) is 3.51. The summed E-state index contributed by atoms with van der Waals surface area (Å²) >= 11 is 5.83. The van der Waals surface area contributed by atoms with Crippen molar-refractivity contribution in [2.24, 2.45) is 0 Å². The summed E-state index contributed by atoms with van der Waals surface area (Å²) in [7, 11) is 0. The van der Waals surface area contributed by atoms with Crippen LogP contribution in [0.3, 0.4) is 0 Å². The van der Waals surface area contributed by atoms with Crippen LogP contribution >= 0.6 is 11.6 Å². The predicted molar refractivity (Wildman–Crippen MR) is 54.4 cm³/mol. The number of nitrogens with one attached hydrogen (secondary N) is 1. The van der Waals surface area contributed by atoms with Gasteiger partial charge in [-0.15, -0.1) is 0 Å². The zero-order valence-corrected chi connectivity index (χ0v) is 8.47. The van der Waals surface area contributed by atoms with Gasteiger partial charge in [0.1, 0.15) is 6.17 Å². The summed E-state index contributed by atoms with van der Waals surface area (Å²) in [4.78, 5) is 4.16. The molecule has 0 spiro atoms. The molecule has 2 rings (SSSR count). The third kappa shape index (κ3) is 2.04. The average molecular weight is 215 g/mol. The number of pyridine rings is 1. The lowest BCUT2D eigenvalue weighted by molar-refractivity contribution is 0.228. The molecule has 1 saturated heterocycles. The number of halogens is 2. The van der Waals surface area contributed by atoms with Gasteiger partial charge in [-0.1, -0.05) is 11.6 Å². The Hall–Kier alpha value is -0.670. The summed E-state index contributed by atoms with van der Waals surface area (Å²) in [6.45, 7) is 1.26. The number of rotatable bonds is 1. The highest BCUT2D eigenvalue weighted by Crippen LogP contribution is 2.27. The highest BCUT2D eigenvalue weighted by atomic mass is 35.5. The minimum Gasteiger partial charge on any atom is -0.314 e. The summed E-state index contributed by atoms with van der Waals surface area (Å²) in [6, 6.07) is 3.46. The first-order valence-electron chi connectivity index (χ1n) is 4.73. The minimum absolute atomic E-state index is 0.102. The van der Waals surface area contributed by atoms with Gasteiger partial charge in [-0.25, -0.2) is 4.39 Å².